The molecule has 3 nitrogen and oxygen atoms in total. The third kappa shape index (κ3) is 3.41. The second-order valence-electron chi connectivity index (χ2n) is 6.01. The van der Waals surface area contributed by atoms with Crippen LogP contribution in [0.25, 0.3) is 0 Å². The van der Waals surface area contributed by atoms with Gasteiger partial charge in [-0.05, 0) is 52.6 Å². The van der Waals surface area contributed by atoms with Gasteiger partial charge in [-0.3, -0.25) is 0 Å². The molecule has 0 aliphatic carbocycles. The highest BCUT2D eigenvalue weighted by Crippen LogP contribution is 2.36. The third-order valence-electron chi connectivity index (χ3n) is 4.40. The van der Waals surface area contributed by atoms with Crippen molar-refractivity contribution in [2.75, 3.05) is 26.2 Å². The molecule has 1 N–H and O–H groups in total. The molecular weight excluding hydrogens is 266 g/mol. The van der Waals surface area contributed by atoms with E-state index in [-0.39, 0.29) is 5.54 Å². The second kappa shape index (κ2) is 7.01. The molecule has 1 aliphatic heterocycles. The molecule has 4 heteroatoms. The Labute approximate surface area is 127 Å². The quantitative estimate of drug-likeness (QED) is 0.871. The van der Waals surface area contributed by atoms with Gasteiger partial charge in [0.05, 0.1) is 11.2 Å². The van der Waals surface area contributed by atoms with E-state index in [0.717, 1.165) is 6.54 Å². The Bertz CT molecular complexity index is 400. The first kappa shape index (κ1) is 15.9. The minimum atomic E-state index is 0.129. The lowest BCUT2D eigenvalue weighted by Gasteiger charge is -2.41. The number of piperidine rings is 1. The Morgan fingerprint density at radius 1 is 1.20 bits per heavy atom. The summed E-state index contributed by atoms with van der Waals surface area (Å²) in [5.41, 5.74) is 1.34. The van der Waals surface area contributed by atoms with Crippen LogP contribution in [0, 0.1) is 13.8 Å². The lowest BCUT2D eigenvalue weighted by Crippen LogP contribution is -2.51. The summed E-state index contributed by atoms with van der Waals surface area (Å²) >= 11 is 1.89. The van der Waals surface area contributed by atoms with E-state index < -0.39 is 0 Å². The average molecular weight is 295 g/mol. The van der Waals surface area contributed by atoms with Gasteiger partial charge in [0.15, 0.2) is 0 Å². The zero-order valence-electron chi connectivity index (χ0n) is 13.5. The molecule has 1 aliphatic rings. The van der Waals surface area contributed by atoms with Gasteiger partial charge in [0.2, 0.25) is 0 Å². The maximum absolute atomic E-state index is 4.87. The molecule has 0 unspecified atom stereocenters. The van der Waals surface area contributed by atoms with Crippen molar-refractivity contribution >= 4 is 11.3 Å². The maximum Gasteiger partial charge on any atom is 0.113 e. The van der Waals surface area contributed by atoms with Gasteiger partial charge in [0, 0.05) is 18.0 Å². The van der Waals surface area contributed by atoms with Crippen LogP contribution < -0.4 is 5.32 Å². The minimum Gasteiger partial charge on any atom is -0.305 e. The van der Waals surface area contributed by atoms with Crippen LogP contribution in [0.1, 0.15) is 55.1 Å². The van der Waals surface area contributed by atoms with E-state index in [4.69, 9.17) is 4.98 Å². The number of nitrogens with zero attached hydrogens (tertiary/aromatic N) is 2. The van der Waals surface area contributed by atoms with Crippen LogP contribution in [-0.4, -0.2) is 36.1 Å². The van der Waals surface area contributed by atoms with E-state index in [1.165, 1.54) is 60.9 Å². The van der Waals surface area contributed by atoms with Gasteiger partial charge >= 0.3 is 0 Å². The molecule has 114 valence electrons. The van der Waals surface area contributed by atoms with Crippen LogP contribution in [0.3, 0.4) is 0 Å². The van der Waals surface area contributed by atoms with Crippen LogP contribution in [0.4, 0.5) is 0 Å². The van der Waals surface area contributed by atoms with Gasteiger partial charge in [-0.25, -0.2) is 4.98 Å². The lowest BCUT2D eigenvalue weighted by atomic mass is 9.87. The monoisotopic (exact) mass is 295 g/mol. The normalized spacial score (nSPS) is 19.4. The highest BCUT2D eigenvalue weighted by molar-refractivity contribution is 7.11. The predicted molar refractivity (Wildman–Crippen MR) is 87.5 cm³/mol. The van der Waals surface area contributed by atoms with Gasteiger partial charge < -0.3 is 10.2 Å². The van der Waals surface area contributed by atoms with Crippen LogP contribution in [0.2, 0.25) is 0 Å². The molecule has 1 fully saturated rings. The van der Waals surface area contributed by atoms with Crippen molar-refractivity contribution in [3.8, 4) is 0 Å². The van der Waals surface area contributed by atoms with Crippen molar-refractivity contribution < 1.29 is 0 Å². The highest BCUT2D eigenvalue weighted by atomic mass is 32.1. The number of likely N-dealkylation sites (tertiary alicyclic amines) is 1. The molecule has 0 radical (unpaired) electrons. The van der Waals surface area contributed by atoms with E-state index in [0.29, 0.717) is 0 Å². The summed E-state index contributed by atoms with van der Waals surface area (Å²) in [5.74, 6) is 0. The highest BCUT2D eigenvalue weighted by Gasteiger charge is 2.38. The van der Waals surface area contributed by atoms with Crippen molar-refractivity contribution in [1.29, 1.82) is 0 Å². The Morgan fingerprint density at radius 2 is 1.90 bits per heavy atom. The molecule has 20 heavy (non-hydrogen) atoms. The fourth-order valence-corrected chi connectivity index (χ4v) is 4.12. The summed E-state index contributed by atoms with van der Waals surface area (Å²) in [6.07, 6.45) is 4.83. The zero-order chi connectivity index (χ0) is 14.6. The predicted octanol–water partition coefficient (Wildman–Crippen LogP) is 3.46. The second-order valence-corrected chi connectivity index (χ2v) is 7.21. The molecule has 1 saturated heterocycles. The van der Waals surface area contributed by atoms with Gasteiger partial charge in [-0.2, -0.15) is 0 Å². The topological polar surface area (TPSA) is 28.2 Å². The van der Waals surface area contributed by atoms with E-state index in [9.17, 15) is 0 Å². The van der Waals surface area contributed by atoms with Crippen LogP contribution in [-0.2, 0) is 5.54 Å². The van der Waals surface area contributed by atoms with Crippen molar-refractivity contribution in [3.05, 3.63) is 15.6 Å². The summed E-state index contributed by atoms with van der Waals surface area (Å²) in [6, 6.07) is 0. The van der Waals surface area contributed by atoms with Crippen LogP contribution in [0.15, 0.2) is 0 Å². The fourth-order valence-electron chi connectivity index (χ4n) is 2.98. The maximum atomic E-state index is 4.87. The first-order chi connectivity index (χ1) is 9.61. The van der Waals surface area contributed by atoms with E-state index >= 15 is 0 Å². The molecule has 0 spiro atoms. The van der Waals surface area contributed by atoms with Crippen molar-refractivity contribution in [3.63, 3.8) is 0 Å². The third-order valence-corrected chi connectivity index (χ3v) is 5.68. The number of aryl methyl sites for hydroxylation is 2. The molecule has 0 atom stereocenters. The summed E-state index contributed by atoms with van der Waals surface area (Å²) < 4.78 is 0. The number of hydrogen-bond acceptors (Lipinski definition) is 4. The first-order valence-corrected chi connectivity index (χ1v) is 8.85. The zero-order valence-corrected chi connectivity index (χ0v) is 14.3. The van der Waals surface area contributed by atoms with Gasteiger partial charge in [-0.15, -0.1) is 11.3 Å². The SMILES string of the molecule is CCCNC1(c2nc(C)c(C)s2)CCN(CCC)CC1. The molecule has 0 saturated carbocycles. The standard InChI is InChI=1S/C16H29N3S/c1-5-9-17-16(15-18-13(3)14(4)20-15)7-11-19(10-6-2)12-8-16/h17H,5-12H2,1-4H3. The summed E-state index contributed by atoms with van der Waals surface area (Å²) in [5, 5.41) is 5.14. The van der Waals surface area contributed by atoms with E-state index in [2.05, 4.69) is 37.9 Å². The first-order valence-electron chi connectivity index (χ1n) is 8.03. The lowest BCUT2D eigenvalue weighted by molar-refractivity contribution is 0.134. The van der Waals surface area contributed by atoms with Crippen molar-refractivity contribution in [2.45, 2.75) is 58.9 Å². The smallest absolute Gasteiger partial charge is 0.113 e. The molecule has 2 heterocycles. The van der Waals surface area contributed by atoms with Crippen molar-refractivity contribution in [1.82, 2.24) is 15.2 Å². The Hall–Kier alpha value is -0.450. The fraction of sp³-hybridized carbons (Fsp3) is 0.812. The van der Waals surface area contributed by atoms with Gasteiger partial charge in [0.25, 0.3) is 0 Å². The van der Waals surface area contributed by atoms with E-state index in [1.807, 2.05) is 11.3 Å². The van der Waals surface area contributed by atoms with Crippen LogP contribution >= 0.6 is 11.3 Å². The van der Waals surface area contributed by atoms with Crippen molar-refractivity contribution in [2.24, 2.45) is 0 Å². The van der Waals surface area contributed by atoms with Gasteiger partial charge in [0.1, 0.15) is 5.01 Å². The van der Waals surface area contributed by atoms with Crippen LogP contribution in [0.5, 0.6) is 0 Å². The molecular formula is C16H29N3S. The molecule has 0 aromatic carbocycles. The van der Waals surface area contributed by atoms with E-state index in [1.54, 1.807) is 0 Å². The Kier molecular flexibility index (Phi) is 5.58. The van der Waals surface area contributed by atoms with Gasteiger partial charge in [-0.1, -0.05) is 13.8 Å². The Morgan fingerprint density at radius 3 is 2.40 bits per heavy atom. The molecule has 0 amide bonds. The number of aromatic nitrogens is 1. The Balaban J connectivity index is 2.15. The minimum absolute atomic E-state index is 0.129. The summed E-state index contributed by atoms with van der Waals surface area (Å²) in [7, 11) is 0. The molecule has 1 aromatic heterocycles. The summed E-state index contributed by atoms with van der Waals surface area (Å²) in [6.45, 7) is 13.6. The largest absolute Gasteiger partial charge is 0.305 e. The number of rotatable bonds is 6. The number of thiazole rings is 1. The average Bonchev–Trinajstić information content (AvgIpc) is 2.79. The molecule has 0 bridgehead atoms. The summed E-state index contributed by atoms with van der Waals surface area (Å²) in [4.78, 5) is 8.83. The number of hydrogen-bond donors (Lipinski definition) is 1. The number of nitrogens with one attached hydrogen (secondary N) is 1. The molecule has 2 rings (SSSR count). The molecule has 1 aromatic rings.